The van der Waals surface area contributed by atoms with Crippen molar-refractivity contribution in [1.82, 2.24) is 9.29 Å². The van der Waals surface area contributed by atoms with Crippen LogP contribution < -0.4 is 5.73 Å². The van der Waals surface area contributed by atoms with Crippen LogP contribution in [0.4, 0.5) is 0 Å². The van der Waals surface area contributed by atoms with Crippen molar-refractivity contribution in [2.45, 2.75) is 27.2 Å². The smallest absolute Gasteiger partial charge is 0.214 e. The summed E-state index contributed by atoms with van der Waals surface area (Å²) in [7, 11) is -3.26. The number of aryl methyl sites for hydroxylation is 1. The number of aromatic nitrogens is 1. The van der Waals surface area contributed by atoms with E-state index < -0.39 is 10.0 Å². The highest BCUT2D eigenvalue weighted by atomic mass is 32.2. The van der Waals surface area contributed by atoms with Crippen LogP contribution in [0.2, 0.25) is 0 Å². The van der Waals surface area contributed by atoms with Crippen LogP contribution in [0, 0.1) is 5.41 Å². The van der Waals surface area contributed by atoms with Crippen molar-refractivity contribution in [3.05, 3.63) is 30.1 Å². The van der Waals surface area contributed by atoms with Gasteiger partial charge in [0.15, 0.2) is 0 Å². The second kappa shape index (κ2) is 7.15. The van der Waals surface area contributed by atoms with Gasteiger partial charge in [-0.15, -0.1) is 0 Å². The van der Waals surface area contributed by atoms with Crippen LogP contribution in [-0.2, 0) is 16.4 Å². The van der Waals surface area contributed by atoms with Gasteiger partial charge in [-0.1, -0.05) is 20.8 Å². The Morgan fingerprint density at radius 3 is 2.40 bits per heavy atom. The molecule has 0 aliphatic heterocycles. The van der Waals surface area contributed by atoms with E-state index in [4.69, 9.17) is 5.73 Å². The van der Waals surface area contributed by atoms with Gasteiger partial charge in [0.2, 0.25) is 10.0 Å². The van der Waals surface area contributed by atoms with Crippen LogP contribution in [-0.4, -0.2) is 43.1 Å². The second-order valence-electron chi connectivity index (χ2n) is 5.72. The number of pyridine rings is 1. The third-order valence-electron chi connectivity index (χ3n) is 3.30. The molecular weight excluding hydrogens is 274 g/mol. The molecule has 114 valence electrons. The molecule has 0 aliphatic carbocycles. The van der Waals surface area contributed by atoms with Crippen LogP contribution in [0.5, 0.6) is 0 Å². The lowest BCUT2D eigenvalue weighted by molar-refractivity contribution is 0.273. The summed E-state index contributed by atoms with van der Waals surface area (Å²) in [6, 6.07) is 3.69. The first-order chi connectivity index (χ1) is 9.30. The van der Waals surface area contributed by atoms with Crippen molar-refractivity contribution in [3.8, 4) is 0 Å². The van der Waals surface area contributed by atoms with Gasteiger partial charge in [0.1, 0.15) is 0 Å². The zero-order chi connectivity index (χ0) is 15.2. The highest BCUT2D eigenvalue weighted by Gasteiger charge is 2.27. The molecule has 0 radical (unpaired) electrons. The van der Waals surface area contributed by atoms with E-state index in [2.05, 4.69) is 4.98 Å². The molecule has 2 N–H and O–H groups in total. The Morgan fingerprint density at radius 2 is 1.90 bits per heavy atom. The lowest BCUT2D eigenvalue weighted by atomic mass is 9.94. The van der Waals surface area contributed by atoms with Gasteiger partial charge in [0, 0.05) is 25.5 Å². The van der Waals surface area contributed by atoms with E-state index in [0.29, 0.717) is 26.1 Å². The molecule has 6 heteroatoms. The number of sulfonamides is 1. The first-order valence-corrected chi connectivity index (χ1v) is 8.48. The minimum absolute atomic E-state index is 0.117. The molecule has 0 saturated heterocycles. The van der Waals surface area contributed by atoms with Crippen LogP contribution in [0.1, 0.15) is 26.3 Å². The van der Waals surface area contributed by atoms with Gasteiger partial charge in [-0.3, -0.25) is 4.98 Å². The molecule has 5 nitrogen and oxygen atoms in total. The SMILES string of the molecule is CCN(CC(C)(C)CN)S(=O)(=O)CCc1ccncc1. The van der Waals surface area contributed by atoms with Gasteiger partial charge in [-0.2, -0.15) is 0 Å². The second-order valence-corrected chi connectivity index (χ2v) is 7.80. The summed E-state index contributed by atoms with van der Waals surface area (Å²) in [5.41, 5.74) is 6.46. The summed E-state index contributed by atoms with van der Waals surface area (Å²) in [6.07, 6.45) is 3.86. The average Bonchev–Trinajstić information content (AvgIpc) is 2.44. The summed E-state index contributed by atoms with van der Waals surface area (Å²) in [5.74, 6) is 0.117. The molecule has 0 fully saturated rings. The van der Waals surface area contributed by atoms with Crippen LogP contribution >= 0.6 is 0 Å². The van der Waals surface area contributed by atoms with Gasteiger partial charge >= 0.3 is 0 Å². The maximum Gasteiger partial charge on any atom is 0.214 e. The van der Waals surface area contributed by atoms with Crippen molar-refractivity contribution < 1.29 is 8.42 Å². The van der Waals surface area contributed by atoms with E-state index in [0.717, 1.165) is 5.56 Å². The Morgan fingerprint density at radius 1 is 1.30 bits per heavy atom. The normalized spacial score (nSPS) is 12.8. The average molecular weight is 299 g/mol. The Balaban J connectivity index is 2.70. The van der Waals surface area contributed by atoms with E-state index in [-0.39, 0.29) is 11.2 Å². The maximum absolute atomic E-state index is 12.4. The first-order valence-electron chi connectivity index (χ1n) is 6.87. The topological polar surface area (TPSA) is 76.3 Å². The highest BCUT2D eigenvalue weighted by Crippen LogP contribution is 2.18. The van der Waals surface area contributed by atoms with Crippen molar-refractivity contribution in [3.63, 3.8) is 0 Å². The molecule has 0 aliphatic rings. The lowest BCUT2D eigenvalue weighted by Gasteiger charge is -2.30. The van der Waals surface area contributed by atoms with E-state index in [9.17, 15) is 8.42 Å². The molecule has 1 heterocycles. The maximum atomic E-state index is 12.4. The fourth-order valence-corrected chi connectivity index (χ4v) is 3.57. The van der Waals surface area contributed by atoms with E-state index in [1.54, 1.807) is 12.4 Å². The van der Waals surface area contributed by atoms with E-state index in [1.807, 2.05) is 32.9 Å². The number of rotatable bonds is 8. The van der Waals surface area contributed by atoms with Crippen LogP contribution in [0.15, 0.2) is 24.5 Å². The zero-order valence-corrected chi connectivity index (χ0v) is 13.4. The van der Waals surface area contributed by atoms with Gasteiger partial charge in [0.05, 0.1) is 5.75 Å². The molecular formula is C14H25N3O2S. The molecule has 20 heavy (non-hydrogen) atoms. The molecule has 0 bridgehead atoms. The summed E-state index contributed by atoms with van der Waals surface area (Å²) < 4.78 is 26.3. The van der Waals surface area contributed by atoms with Gasteiger partial charge < -0.3 is 5.73 Å². The van der Waals surface area contributed by atoms with E-state index in [1.165, 1.54) is 4.31 Å². The van der Waals surface area contributed by atoms with Crippen molar-refractivity contribution in [2.75, 3.05) is 25.4 Å². The predicted octanol–water partition coefficient (Wildman–Crippen LogP) is 1.26. The highest BCUT2D eigenvalue weighted by molar-refractivity contribution is 7.89. The summed E-state index contributed by atoms with van der Waals surface area (Å²) in [5, 5.41) is 0. The monoisotopic (exact) mass is 299 g/mol. The minimum Gasteiger partial charge on any atom is -0.330 e. The van der Waals surface area contributed by atoms with Crippen molar-refractivity contribution >= 4 is 10.0 Å². The minimum atomic E-state index is -3.26. The molecule has 0 amide bonds. The molecule has 1 aromatic heterocycles. The predicted molar refractivity (Wildman–Crippen MR) is 81.8 cm³/mol. The number of nitrogens with zero attached hydrogens (tertiary/aromatic N) is 2. The van der Waals surface area contributed by atoms with Crippen molar-refractivity contribution in [2.24, 2.45) is 11.1 Å². The Hall–Kier alpha value is -0.980. The summed E-state index contributed by atoms with van der Waals surface area (Å²) in [4.78, 5) is 3.93. The van der Waals surface area contributed by atoms with Gasteiger partial charge in [0.25, 0.3) is 0 Å². The number of hydrogen-bond donors (Lipinski definition) is 1. The molecule has 1 aromatic rings. The lowest BCUT2D eigenvalue weighted by Crippen LogP contribution is -2.43. The molecule has 0 unspecified atom stereocenters. The number of nitrogens with two attached hydrogens (primary N) is 1. The molecule has 0 saturated carbocycles. The van der Waals surface area contributed by atoms with Crippen LogP contribution in [0.25, 0.3) is 0 Å². The largest absolute Gasteiger partial charge is 0.330 e. The Labute approximate surface area is 122 Å². The Kier molecular flexibility index (Phi) is 6.10. The molecule has 0 spiro atoms. The van der Waals surface area contributed by atoms with Crippen LogP contribution in [0.3, 0.4) is 0 Å². The van der Waals surface area contributed by atoms with Gasteiger partial charge in [-0.05, 0) is 36.1 Å². The number of hydrogen-bond acceptors (Lipinski definition) is 4. The fourth-order valence-electron chi connectivity index (χ4n) is 1.87. The molecule has 1 rings (SSSR count). The quantitative estimate of drug-likeness (QED) is 0.784. The standard InChI is InChI=1S/C14H25N3O2S/c1-4-17(12-14(2,3)11-15)20(18,19)10-7-13-5-8-16-9-6-13/h5-6,8-9H,4,7,10-12,15H2,1-3H3. The van der Waals surface area contributed by atoms with E-state index >= 15 is 0 Å². The third-order valence-corrected chi connectivity index (χ3v) is 5.20. The summed E-state index contributed by atoms with van der Waals surface area (Å²) in [6.45, 7) is 7.21. The Bertz CT molecular complexity index is 500. The van der Waals surface area contributed by atoms with Gasteiger partial charge in [-0.25, -0.2) is 12.7 Å². The summed E-state index contributed by atoms with van der Waals surface area (Å²) >= 11 is 0. The molecule has 0 atom stereocenters. The molecule has 0 aromatic carbocycles. The van der Waals surface area contributed by atoms with Crippen molar-refractivity contribution in [1.29, 1.82) is 0 Å². The fraction of sp³-hybridized carbons (Fsp3) is 0.643. The zero-order valence-electron chi connectivity index (χ0n) is 12.5. The third kappa shape index (κ3) is 5.19. The first kappa shape index (κ1) is 17.1.